The molecule has 5 heteroatoms. The molecule has 0 radical (unpaired) electrons. The number of aromatic hydroxyl groups is 1. The summed E-state index contributed by atoms with van der Waals surface area (Å²) in [6, 6.07) is 3.73. The average Bonchev–Trinajstić information content (AvgIpc) is 2.46. The summed E-state index contributed by atoms with van der Waals surface area (Å²) in [6.07, 6.45) is 3.43. The second-order valence-electron chi connectivity index (χ2n) is 7.14. The zero-order valence-corrected chi connectivity index (χ0v) is 15.5. The van der Waals surface area contributed by atoms with Crippen molar-refractivity contribution in [3.63, 3.8) is 0 Å². The summed E-state index contributed by atoms with van der Waals surface area (Å²) in [5.41, 5.74) is 1.05. The van der Waals surface area contributed by atoms with Crippen molar-refractivity contribution in [1.82, 2.24) is 5.32 Å². The van der Waals surface area contributed by atoms with Gasteiger partial charge in [-0.15, -0.1) is 0 Å². The molecule has 1 amide bonds. The summed E-state index contributed by atoms with van der Waals surface area (Å²) in [7, 11) is 1.51. The predicted molar refractivity (Wildman–Crippen MR) is 95.5 cm³/mol. The second-order valence-corrected chi connectivity index (χ2v) is 7.14. The van der Waals surface area contributed by atoms with E-state index in [4.69, 9.17) is 4.74 Å². The third-order valence-corrected chi connectivity index (χ3v) is 4.02. The predicted octanol–water partition coefficient (Wildman–Crippen LogP) is 3.09. The van der Waals surface area contributed by atoms with Crippen LogP contribution in [0.1, 0.15) is 57.6 Å². The lowest BCUT2D eigenvalue weighted by atomic mass is 9.99. The zero-order valence-electron chi connectivity index (χ0n) is 15.5. The number of aryl methyl sites for hydroxylation is 2. The van der Waals surface area contributed by atoms with Gasteiger partial charge in [0.15, 0.2) is 11.5 Å². The second kappa shape index (κ2) is 8.92. The number of hydrogen-bond acceptors (Lipinski definition) is 4. The van der Waals surface area contributed by atoms with Gasteiger partial charge in [-0.1, -0.05) is 6.07 Å². The fraction of sp³-hybridized carbons (Fsp3) is 0.632. The Labute approximate surface area is 145 Å². The summed E-state index contributed by atoms with van der Waals surface area (Å²) in [5.74, 6) is 0.590. The van der Waals surface area contributed by atoms with Crippen molar-refractivity contribution >= 4 is 5.91 Å². The number of ether oxygens (including phenoxy) is 1. The van der Waals surface area contributed by atoms with Gasteiger partial charge in [-0.25, -0.2) is 0 Å². The number of carbonyl (C=O) groups is 1. The molecule has 1 aromatic rings. The quantitative estimate of drug-likeness (QED) is 0.647. The van der Waals surface area contributed by atoms with E-state index >= 15 is 0 Å². The molecular weight excluding hydrogens is 306 g/mol. The standard InChI is InChI=1S/C19H31NO4/c1-13-11-15(12-16(24-5)18(13)22)8-9-17(21)20-14(2)7-6-10-19(3,4)23/h11-12,14,22-23H,6-10H2,1-5H3,(H,20,21). The van der Waals surface area contributed by atoms with Crippen LogP contribution in [0.5, 0.6) is 11.5 Å². The summed E-state index contributed by atoms with van der Waals surface area (Å²) in [6.45, 7) is 7.39. The van der Waals surface area contributed by atoms with Crippen LogP contribution in [0.4, 0.5) is 0 Å². The number of benzene rings is 1. The van der Waals surface area contributed by atoms with Crippen molar-refractivity contribution < 1.29 is 19.7 Å². The Hall–Kier alpha value is -1.75. The first-order valence-electron chi connectivity index (χ1n) is 8.50. The number of phenols is 1. The van der Waals surface area contributed by atoms with Crippen LogP contribution in [-0.2, 0) is 11.2 Å². The van der Waals surface area contributed by atoms with E-state index in [1.807, 2.05) is 19.9 Å². The summed E-state index contributed by atoms with van der Waals surface area (Å²) in [4.78, 5) is 12.1. The van der Waals surface area contributed by atoms with Gasteiger partial charge >= 0.3 is 0 Å². The SMILES string of the molecule is COc1cc(CCC(=O)NC(C)CCCC(C)(C)O)cc(C)c1O. The molecule has 5 nitrogen and oxygen atoms in total. The number of carbonyl (C=O) groups excluding carboxylic acids is 1. The molecule has 24 heavy (non-hydrogen) atoms. The summed E-state index contributed by atoms with van der Waals surface area (Å²) < 4.78 is 5.14. The number of aliphatic hydroxyl groups is 1. The first-order valence-corrected chi connectivity index (χ1v) is 8.50. The van der Waals surface area contributed by atoms with Gasteiger partial charge in [0.05, 0.1) is 12.7 Å². The number of rotatable bonds is 9. The van der Waals surface area contributed by atoms with Gasteiger partial charge in [0, 0.05) is 12.5 Å². The van der Waals surface area contributed by atoms with Gasteiger partial charge in [0.2, 0.25) is 5.91 Å². The lowest BCUT2D eigenvalue weighted by molar-refractivity contribution is -0.121. The van der Waals surface area contributed by atoms with Crippen molar-refractivity contribution in [3.05, 3.63) is 23.3 Å². The fourth-order valence-electron chi connectivity index (χ4n) is 2.64. The van der Waals surface area contributed by atoms with E-state index in [-0.39, 0.29) is 17.7 Å². The Kier molecular flexibility index (Phi) is 7.55. The maximum Gasteiger partial charge on any atom is 0.220 e. The van der Waals surface area contributed by atoms with Crippen LogP contribution in [0.25, 0.3) is 0 Å². The van der Waals surface area contributed by atoms with Crippen molar-refractivity contribution in [2.24, 2.45) is 0 Å². The van der Waals surface area contributed by atoms with Crippen LogP contribution < -0.4 is 10.1 Å². The van der Waals surface area contributed by atoms with Crippen molar-refractivity contribution in [1.29, 1.82) is 0 Å². The molecular formula is C19H31NO4. The van der Waals surface area contributed by atoms with Crippen LogP contribution in [0.15, 0.2) is 12.1 Å². The molecule has 0 aliphatic heterocycles. The van der Waals surface area contributed by atoms with Gasteiger partial charge in [-0.05, 0) is 70.6 Å². The Morgan fingerprint density at radius 2 is 2.04 bits per heavy atom. The average molecular weight is 337 g/mol. The van der Waals surface area contributed by atoms with E-state index in [1.165, 1.54) is 7.11 Å². The molecule has 0 fully saturated rings. The number of phenolic OH excluding ortho intramolecular Hbond substituents is 1. The largest absolute Gasteiger partial charge is 0.504 e. The zero-order chi connectivity index (χ0) is 18.3. The topological polar surface area (TPSA) is 78.8 Å². The minimum Gasteiger partial charge on any atom is -0.504 e. The van der Waals surface area contributed by atoms with Gasteiger partial charge < -0.3 is 20.3 Å². The monoisotopic (exact) mass is 337 g/mol. The van der Waals surface area contributed by atoms with E-state index < -0.39 is 5.60 Å². The fourth-order valence-corrected chi connectivity index (χ4v) is 2.64. The Morgan fingerprint density at radius 1 is 1.38 bits per heavy atom. The molecule has 1 atom stereocenters. The highest BCUT2D eigenvalue weighted by atomic mass is 16.5. The van der Waals surface area contributed by atoms with Gasteiger partial charge in [0.25, 0.3) is 0 Å². The number of methoxy groups -OCH3 is 1. The number of nitrogens with one attached hydrogen (secondary N) is 1. The number of amides is 1. The van der Waals surface area contributed by atoms with E-state index in [1.54, 1.807) is 19.9 Å². The van der Waals surface area contributed by atoms with Crippen LogP contribution in [0, 0.1) is 6.92 Å². The first-order chi connectivity index (χ1) is 11.1. The van der Waals surface area contributed by atoms with Gasteiger partial charge in [0.1, 0.15) is 0 Å². The lowest BCUT2D eigenvalue weighted by Gasteiger charge is -2.19. The van der Waals surface area contributed by atoms with Crippen molar-refractivity contribution in [3.8, 4) is 11.5 Å². The lowest BCUT2D eigenvalue weighted by Crippen LogP contribution is -2.33. The molecule has 0 saturated carbocycles. The smallest absolute Gasteiger partial charge is 0.220 e. The molecule has 1 rings (SSSR count). The molecule has 0 aliphatic rings. The summed E-state index contributed by atoms with van der Waals surface area (Å²) in [5, 5.41) is 22.5. The van der Waals surface area contributed by atoms with E-state index in [0.29, 0.717) is 18.6 Å². The van der Waals surface area contributed by atoms with Crippen LogP contribution in [0.2, 0.25) is 0 Å². The molecule has 0 aromatic heterocycles. The van der Waals surface area contributed by atoms with Gasteiger partial charge in [-0.3, -0.25) is 4.79 Å². The van der Waals surface area contributed by atoms with Gasteiger partial charge in [-0.2, -0.15) is 0 Å². The minimum atomic E-state index is -0.653. The highest BCUT2D eigenvalue weighted by Gasteiger charge is 2.14. The Morgan fingerprint density at radius 3 is 2.62 bits per heavy atom. The molecule has 136 valence electrons. The molecule has 0 spiro atoms. The first kappa shape index (κ1) is 20.3. The Bertz CT molecular complexity index is 549. The van der Waals surface area contributed by atoms with E-state index in [9.17, 15) is 15.0 Å². The molecule has 1 aromatic carbocycles. The summed E-state index contributed by atoms with van der Waals surface area (Å²) >= 11 is 0. The van der Waals surface area contributed by atoms with E-state index in [2.05, 4.69) is 5.32 Å². The third kappa shape index (κ3) is 7.21. The molecule has 0 bridgehead atoms. The van der Waals surface area contributed by atoms with Crippen molar-refractivity contribution in [2.75, 3.05) is 7.11 Å². The highest BCUT2D eigenvalue weighted by Crippen LogP contribution is 2.31. The maximum atomic E-state index is 12.1. The van der Waals surface area contributed by atoms with Crippen LogP contribution >= 0.6 is 0 Å². The van der Waals surface area contributed by atoms with Crippen LogP contribution in [-0.4, -0.2) is 34.9 Å². The van der Waals surface area contributed by atoms with E-state index in [0.717, 1.165) is 30.4 Å². The van der Waals surface area contributed by atoms with Crippen LogP contribution in [0.3, 0.4) is 0 Å². The molecule has 1 unspecified atom stereocenters. The normalized spacial score (nSPS) is 12.8. The molecule has 0 heterocycles. The molecule has 0 saturated heterocycles. The highest BCUT2D eigenvalue weighted by molar-refractivity contribution is 5.76. The molecule has 3 N–H and O–H groups in total. The van der Waals surface area contributed by atoms with Crippen molar-refractivity contribution in [2.45, 2.75) is 71.4 Å². The maximum absolute atomic E-state index is 12.1. The third-order valence-electron chi connectivity index (χ3n) is 4.02. The Balaban J connectivity index is 2.42. The number of hydrogen-bond donors (Lipinski definition) is 3. The minimum absolute atomic E-state index is 0.00968. The molecule has 0 aliphatic carbocycles.